The monoisotopic (exact) mass is 416 g/mol. The van der Waals surface area contributed by atoms with Crippen molar-refractivity contribution in [1.29, 1.82) is 0 Å². The molecule has 0 fully saturated rings. The average Bonchev–Trinajstić information content (AvgIpc) is 3.46. The Kier molecular flexibility index (Phi) is 5.61. The molecule has 0 aliphatic carbocycles. The van der Waals surface area contributed by atoms with Gasteiger partial charge in [-0.2, -0.15) is 5.10 Å². The standard InChI is InChI=1S/C23H20N4O4/c1-3-30-23(29)19-12-13-27(25-19)18-10-8-17(9-11-18)24-22(28)21-14-20(26-31-21)16-6-4-15(2)5-7-16/h4-14H,3H2,1-2H3,(H,24,28). The Morgan fingerprint density at radius 1 is 1.06 bits per heavy atom. The Balaban J connectivity index is 1.43. The molecule has 4 aromatic rings. The number of hydrogen-bond acceptors (Lipinski definition) is 6. The fraction of sp³-hybridized carbons (Fsp3) is 0.130. The van der Waals surface area contributed by atoms with Crippen molar-refractivity contribution in [3.05, 3.63) is 83.9 Å². The maximum atomic E-state index is 12.5. The lowest BCUT2D eigenvalue weighted by atomic mass is 10.1. The summed E-state index contributed by atoms with van der Waals surface area (Å²) >= 11 is 0. The number of benzene rings is 2. The number of ether oxygens (including phenoxy) is 1. The van der Waals surface area contributed by atoms with Gasteiger partial charge in [0, 0.05) is 23.5 Å². The minimum Gasteiger partial charge on any atom is -0.461 e. The summed E-state index contributed by atoms with van der Waals surface area (Å²) < 4.78 is 11.7. The molecule has 31 heavy (non-hydrogen) atoms. The van der Waals surface area contributed by atoms with E-state index in [0.29, 0.717) is 11.4 Å². The molecule has 2 aromatic heterocycles. The van der Waals surface area contributed by atoms with Gasteiger partial charge in [-0.1, -0.05) is 35.0 Å². The molecule has 1 amide bonds. The van der Waals surface area contributed by atoms with Crippen molar-refractivity contribution in [3.8, 4) is 16.9 Å². The molecular formula is C23H20N4O4. The van der Waals surface area contributed by atoms with E-state index in [9.17, 15) is 9.59 Å². The zero-order chi connectivity index (χ0) is 21.8. The van der Waals surface area contributed by atoms with Crippen LogP contribution in [0.2, 0.25) is 0 Å². The van der Waals surface area contributed by atoms with Crippen LogP contribution in [0.5, 0.6) is 0 Å². The van der Waals surface area contributed by atoms with E-state index in [-0.39, 0.29) is 18.1 Å². The highest BCUT2D eigenvalue weighted by atomic mass is 16.5. The van der Waals surface area contributed by atoms with E-state index in [1.165, 1.54) is 0 Å². The van der Waals surface area contributed by atoms with Crippen molar-refractivity contribution in [1.82, 2.24) is 14.9 Å². The van der Waals surface area contributed by atoms with Gasteiger partial charge < -0.3 is 14.6 Å². The summed E-state index contributed by atoms with van der Waals surface area (Å²) in [6.45, 7) is 4.03. The van der Waals surface area contributed by atoms with Crippen molar-refractivity contribution < 1.29 is 18.8 Å². The van der Waals surface area contributed by atoms with Crippen LogP contribution in [0.15, 0.2) is 71.4 Å². The van der Waals surface area contributed by atoms with Gasteiger partial charge in [-0.05, 0) is 44.2 Å². The van der Waals surface area contributed by atoms with Gasteiger partial charge in [0.05, 0.1) is 12.3 Å². The molecule has 8 heteroatoms. The largest absolute Gasteiger partial charge is 0.461 e. The first kappa shape index (κ1) is 20.1. The number of carbonyl (C=O) groups is 2. The molecule has 0 unspecified atom stereocenters. The second kappa shape index (κ2) is 8.66. The summed E-state index contributed by atoms with van der Waals surface area (Å²) in [4.78, 5) is 24.2. The molecule has 2 aromatic carbocycles. The quantitative estimate of drug-likeness (QED) is 0.472. The van der Waals surface area contributed by atoms with Gasteiger partial charge in [0.2, 0.25) is 5.76 Å². The van der Waals surface area contributed by atoms with E-state index >= 15 is 0 Å². The molecule has 1 N–H and O–H groups in total. The maximum Gasteiger partial charge on any atom is 0.358 e. The van der Waals surface area contributed by atoms with Gasteiger partial charge in [-0.3, -0.25) is 4.79 Å². The van der Waals surface area contributed by atoms with Crippen LogP contribution in [-0.2, 0) is 4.74 Å². The molecule has 156 valence electrons. The third-order valence-electron chi connectivity index (χ3n) is 4.54. The van der Waals surface area contributed by atoms with Crippen molar-refractivity contribution in [2.75, 3.05) is 11.9 Å². The second-order valence-electron chi connectivity index (χ2n) is 6.81. The first-order valence-corrected chi connectivity index (χ1v) is 9.72. The van der Waals surface area contributed by atoms with Crippen molar-refractivity contribution in [2.24, 2.45) is 0 Å². The van der Waals surface area contributed by atoms with Gasteiger partial charge >= 0.3 is 5.97 Å². The smallest absolute Gasteiger partial charge is 0.358 e. The third kappa shape index (κ3) is 4.53. The number of aryl methyl sites for hydroxylation is 1. The van der Waals surface area contributed by atoms with E-state index in [2.05, 4.69) is 15.6 Å². The zero-order valence-electron chi connectivity index (χ0n) is 17.0. The molecule has 0 atom stereocenters. The number of nitrogens with zero attached hydrogens (tertiary/aromatic N) is 3. The fourth-order valence-corrected chi connectivity index (χ4v) is 2.91. The van der Waals surface area contributed by atoms with Crippen LogP contribution < -0.4 is 5.32 Å². The minimum absolute atomic E-state index is 0.116. The first-order valence-electron chi connectivity index (χ1n) is 9.72. The number of rotatable bonds is 6. The fourth-order valence-electron chi connectivity index (χ4n) is 2.91. The van der Waals surface area contributed by atoms with Crippen molar-refractivity contribution in [3.63, 3.8) is 0 Å². The molecule has 2 heterocycles. The maximum absolute atomic E-state index is 12.5. The summed E-state index contributed by atoms with van der Waals surface area (Å²) in [5.74, 6) is -0.754. The van der Waals surface area contributed by atoms with Crippen LogP contribution in [0.25, 0.3) is 16.9 Å². The summed E-state index contributed by atoms with van der Waals surface area (Å²) in [5.41, 5.74) is 4.15. The van der Waals surface area contributed by atoms with Crippen LogP contribution in [-0.4, -0.2) is 33.4 Å². The lowest BCUT2D eigenvalue weighted by molar-refractivity contribution is 0.0519. The van der Waals surface area contributed by atoms with Gasteiger partial charge in [0.1, 0.15) is 5.69 Å². The highest BCUT2D eigenvalue weighted by Crippen LogP contribution is 2.21. The Bertz CT molecular complexity index is 1210. The Morgan fingerprint density at radius 2 is 1.81 bits per heavy atom. The molecule has 0 saturated carbocycles. The number of esters is 1. The molecule has 0 aliphatic heterocycles. The number of aromatic nitrogens is 3. The highest BCUT2D eigenvalue weighted by molar-refractivity contribution is 6.02. The van der Waals surface area contributed by atoms with Gasteiger partial charge in [-0.25, -0.2) is 9.48 Å². The minimum atomic E-state index is -0.470. The van der Waals surface area contributed by atoms with E-state index in [0.717, 1.165) is 16.8 Å². The van der Waals surface area contributed by atoms with Crippen LogP contribution in [0.4, 0.5) is 5.69 Å². The Hall–Kier alpha value is -4.20. The highest BCUT2D eigenvalue weighted by Gasteiger charge is 2.15. The van der Waals surface area contributed by atoms with E-state index in [4.69, 9.17) is 9.26 Å². The zero-order valence-corrected chi connectivity index (χ0v) is 17.0. The van der Waals surface area contributed by atoms with Crippen molar-refractivity contribution in [2.45, 2.75) is 13.8 Å². The molecule has 0 radical (unpaired) electrons. The lowest BCUT2D eigenvalue weighted by Gasteiger charge is -2.05. The lowest BCUT2D eigenvalue weighted by Crippen LogP contribution is -2.11. The van der Waals surface area contributed by atoms with E-state index in [1.807, 2.05) is 31.2 Å². The Labute approximate surface area is 178 Å². The van der Waals surface area contributed by atoms with E-state index < -0.39 is 11.9 Å². The van der Waals surface area contributed by atoms with Gasteiger partial charge in [0.25, 0.3) is 5.91 Å². The number of nitrogens with one attached hydrogen (secondary N) is 1. The topological polar surface area (TPSA) is 99.2 Å². The predicted octanol–water partition coefficient (Wildman–Crippen LogP) is 4.26. The molecule has 4 rings (SSSR count). The molecular weight excluding hydrogens is 396 g/mol. The number of carbonyl (C=O) groups excluding carboxylic acids is 2. The van der Waals surface area contributed by atoms with Crippen LogP contribution in [0, 0.1) is 6.92 Å². The van der Waals surface area contributed by atoms with Gasteiger partial charge in [0.15, 0.2) is 5.69 Å². The average molecular weight is 416 g/mol. The normalized spacial score (nSPS) is 10.6. The summed E-state index contributed by atoms with van der Waals surface area (Å²) in [6.07, 6.45) is 1.67. The van der Waals surface area contributed by atoms with Crippen LogP contribution >= 0.6 is 0 Å². The van der Waals surface area contributed by atoms with E-state index in [1.54, 1.807) is 54.2 Å². The third-order valence-corrected chi connectivity index (χ3v) is 4.54. The molecule has 8 nitrogen and oxygen atoms in total. The number of hydrogen-bond donors (Lipinski definition) is 1. The second-order valence-corrected chi connectivity index (χ2v) is 6.81. The van der Waals surface area contributed by atoms with Crippen LogP contribution in [0.1, 0.15) is 33.5 Å². The molecule has 0 spiro atoms. The number of anilines is 1. The Morgan fingerprint density at radius 3 is 2.52 bits per heavy atom. The van der Waals surface area contributed by atoms with Gasteiger partial charge in [-0.15, -0.1) is 0 Å². The molecule has 0 aliphatic rings. The predicted molar refractivity (Wildman–Crippen MR) is 114 cm³/mol. The number of amides is 1. The molecule has 0 saturated heterocycles. The SMILES string of the molecule is CCOC(=O)c1ccn(-c2ccc(NC(=O)c3cc(-c4ccc(C)cc4)no3)cc2)n1. The van der Waals surface area contributed by atoms with Crippen molar-refractivity contribution >= 4 is 17.6 Å². The van der Waals surface area contributed by atoms with Crippen LogP contribution in [0.3, 0.4) is 0 Å². The summed E-state index contributed by atoms with van der Waals surface area (Å²) in [7, 11) is 0. The summed E-state index contributed by atoms with van der Waals surface area (Å²) in [5, 5.41) is 11.0. The molecule has 0 bridgehead atoms. The first-order chi connectivity index (χ1) is 15.0. The summed E-state index contributed by atoms with van der Waals surface area (Å²) in [6, 6.07) is 18.0.